The number of aliphatic hydroxyl groups is 1. The number of fused-ring (bicyclic) bond motifs is 1. The lowest BCUT2D eigenvalue weighted by molar-refractivity contribution is -0.140. The molecule has 6 heteroatoms. The van der Waals surface area contributed by atoms with Gasteiger partial charge in [0.05, 0.1) is 11.6 Å². The number of nitrogens with zero attached hydrogens (tertiary/aromatic N) is 1. The number of aryl methyl sites for hydroxylation is 1. The molecule has 3 aromatic rings. The van der Waals surface area contributed by atoms with Gasteiger partial charge in [0.15, 0.2) is 11.5 Å². The lowest BCUT2D eigenvalue weighted by atomic mass is 9.94. The molecule has 3 aromatic carbocycles. The first-order chi connectivity index (χ1) is 16.6. The van der Waals surface area contributed by atoms with Crippen LogP contribution in [-0.4, -0.2) is 34.9 Å². The van der Waals surface area contributed by atoms with E-state index < -0.39 is 17.7 Å². The van der Waals surface area contributed by atoms with Crippen molar-refractivity contribution >= 4 is 17.4 Å². The number of amides is 1. The molecule has 0 saturated carbocycles. The molecule has 1 saturated heterocycles. The molecule has 1 atom stereocenters. The summed E-state index contributed by atoms with van der Waals surface area (Å²) in [6.45, 7) is 3.18. The molecule has 172 valence electrons. The third-order valence-corrected chi connectivity index (χ3v) is 6.26. The number of aliphatic hydroxyl groups excluding tert-OH is 1. The maximum absolute atomic E-state index is 13.3. The van der Waals surface area contributed by atoms with Gasteiger partial charge in [0.2, 0.25) is 0 Å². The van der Waals surface area contributed by atoms with Crippen LogP contribution in [0.2, 0.25) is 0 Å². The Kier molecular flexibility index (Phi) is 5.80. The molecule has 0 spiro atoms. The van der Waals surface area contributed by atoms with Crippen molar-refractivity contribution in [2.75, 3.05) is 13.2 Å². The zero-order chi connectivity index (χ0) is 23.7. The molecule has 2 aliphatic rings. The summed E-state index contributed by atoms with van der Waals surface area (Å²) in [6, 6.07) is 21.6. The Morgan fingerprint density at radius 1 is 0.912 bits per heavy atom. The number of ether oxygens (including phenoxy) is 2. The molecule has 6 nitrogen and oxygen atoms in total. The van der Waals surface area contributed by atoms with E-state index in [-0.39, 0.29) is 17.9 Å². The van der Waals surface area contributed by atoms with Gasteiger partial charge < -0.3 is 19.5 Å². The number of ketones is 1. The van der Waals surface area contributed by atoms with Crippen molar-refractivity contribution in [3.05, 3.63) is 101 Å². The Balaban J connectivity index is 1.62. The molecule has 0 radical (unpaired) electrons. The van der Waals surface area contributed by atoms with Gasteiger partial charge in [-0.15, -0.1) is 0 Å². The summed E-state index contributed by atoms with van der Waals surface area (Å²) in [4.78, 5) is 28.0. The summed E-state index contributed by atoms with van der Waals surface area (Å²) >= 11 is 0. The van der Waals surface area contributed by atoms with Gasteiger partial charge in [-0.25, -0.2) is 0 Å². The van der Waals surface area contributed by atoms with Crippen molar-refractivity contribution in [3.8, 4) is 11.5 Å². The maximum Gasteiger partial charge on any atom is 0.295 e. The van der Waals surface area contributed by atoms with Crippen LogP contribution in [0.3, 0.4) is 0 Å². The molecular formula is C28H25NO5. The lowest BCUT2D eigenvalue weighted by Gasteiger charge is -2.26. The second-order valence-corrected chi connectivity index (χ2v) is 8.37. The third-order valence-electron chi connectivity index (χ3n) is 6.26. The second kappa shape index (κ2) is 9.06. The van der Waals surface area contributed by atoms with E-state index >= 15 is 0 Å². The molecule has 0 bridgehead atoms. The summed E-state index contributed by atoms with van der Waals surface area (Å²) in [5.41, 5.74) is 3.29. The lowest BCUT2D eigenvalue weighted by Crippen LogP contribution is -2.29. The largest absolute Gasteiger partial charge is 0.507 e. The van der Waals surface area contributed by atoms with E-state index in [0.717, 1.165) is 23.1 Å². The summed E-state index contributed by atoms with van der Waals surface area (Å²) in [6.07, 6.45) is 0.877. The minimum absolute atomic E-state index is 0.0712. The molecule has 0 aromatic heterocycles. The van der Waals surface area contributed by atoms with Gasteiger partial charge in [0.1, 0.15) is 19.0 Å². The summed E-state index contributed by atoms with van der Waals surface area (Å²) in [7, 11) is 0. The zero-order valence-corrected chi connectivity index (χ0v) is 18.9. The fourth-order valence-electron chi connectivity index (χ4n) is 4.45. The highest BCUT2D eigenvalue weighted by molar-refractivity contribution is 6.46. The van der Waals surface area contributed by atoms with Crippen LogP contribution < -0.4 is 9.47 Å². The van der Waals surface area contributed by atoms with Gasteiger partial charge in [-0.3, -0.25) is 9.59 Å². The van der Waals surface area contributed by atoms with E-state index in [2.05, 4.69) is 6.92 Å². The Morgan fingerprint density at radius 3 is 2.32 bits per heavy atom. The van der Waals surface area contributed by atoms with E-state index in [9.17, 15) is 14.7 Å². The zero-order valence-electron chi connectivity index (χ0n) is 18.9. The molecule has 2 aliphatic heterocycles. The van der Waals surface area contributed by atoms with Crippen molar-refractivity contribution in [3.63, 3.8) is 0 Å². The van der Waals surface area contributed by atoms with Crippen LogP contribution in [0.15, 0.2) is 78.4 Å². The minimum atomic E-state index is -0.709. The van der Waals surface area contributed by atoms with Gasteiger partial charge in [0, 0.05) is 12.1 Å². The molecule has 2 heterocycles. The van der Waals surface area contributed by atoms with Crippen LogP contribution in [0.25, 0.3) is 5.76 Å². The second-order valence-electron chi connectivity index (χ2n) is 8.37. The van der Waals surface area contributed by atoms with Crippen LogP contribution in [0, 0.1) is 0 Å². The molecule has 1 N–H and O–H groups in total. The predicted octanol–water partition coefficient (Wildman–Crippen LogP) is 4.64. The average molecular weight is 456 g/mol. The van der Waals surface area contributed by atoms with Crippen molar-refractivity contribution in [1.29, 1.82) is 0 Å². The van der Waals surface area contributed by atoms with E-state index in [1.54, 1.807) is 18.2 Å². The maximum atomic E-state index is 13.3. The smallest absolute Gasteiger partial charge is 0.295 e. The van der Waals surface area contributed by atoms with Crippen LogP contribution in [-0.2, 0) is 22.6 Å². The fraction of sp³-hybridized carbons (Fsp3) is 0.214. The Morgan fingerprint density at radius 2 is 1.62 bits per heavy atom. The molecule has 0 aliphatic carbocycles. The summed E-state index contributed by atoms with van der Waals surface area (Å²) < 4.78 is 11.2. The van der Waals surface area contributed by atoms with E-state index in [0.29, 0.717) is 30.3 Å². The van der Waals surface area contributed by atoms with E-state index in [1.165, 1.54) is 4.90 Å². The molecule has 5 rings (SSSR count). The average Bonchev–Trinajstić information content (AvgIpc) is 3.13. The van der Waals surface area contributed by atoms with Gasteiger partial charge in [-0.1, -0.05) is 61.5 Å². The first-order valence-corrected chi connectivity index (χ1v) is 11.4. The normalized spacial score (nSPS) is 18.9. The van der Waals surface area contributed by atoms with Crippen molar-refractivity contribution in [1.82, 2.24) is 4.90 Å². The summed E-state index contributed by atoms with van der Waals surface area (Å²) in [5.74, 6) is -0.479. The van der Waals surface area contributed by atoms with E-state index in [4.69, 9.17) is 9.47 Å². The van der Waals surface area contributed by atoms with Crippen LogP contribution in [0.5, 0.6) is 11.5 Å². The van der Waals surface area contributed by atoms with Gasteiger partial charge in [-0.2, -0.15) is 0 Å². The number of Topliss-reactive ketones (excluding diaryl/α,β-unsaturated/α-hetero) is 1. The number of hydrogen-bond donors (Lipinski definition) is 1. The van der Waals surface area contributed by atoms with Gasteiger partial charge in [-0.05, 0) is 41.3 Å². The topological polar surface area (TPSA) is 76.1 Å². The quantitative estimate of drug-likeness (QED) is 0.345. The molecule has 1 amide bonds. The number of carbonyl (C=O) groups excluding carboxylic acids is 2. The molecule has 0 unspecified atom stereocenters. The first-order valence-electron chi connectivity index (χ1n) is 11.4. The molecule has 1 fully saturated rings. The predicted molar refractivity (Wildman–Crippen MR) is 128 cm³/mol. The highest BCUT2D eigenvalue weighted by Crippen LogP contribution is 2.41. The number of rotatable bonds is 5. The fourth-order valence-corrected chi connectivity index (χ4v) is 4.45. The monoisotopic (exact) mass is 455 g/mol. The number of benzene rings is 3. The van der Waals surface area contributed by atoms with Crippen LogP contribution in [0.1, 0.15) is 35.2 Å². The van der Waals surface area contributed by atoms with Crippen molar-refractivity contribution in [2.45, 2.75) is 25.9 Å². The summed E-state index contributed by atoms with van der Waals surface area (Å²) in [5, 5.41) is 11.3. The highest BCUT2D eigenvalue weighted by atomic mass is 16.6. The van der Waals surface area contributed by atoms with E-state index in [1.807, 2.05) is 54.6 Å². The van der Waals surface area contributed by atoms with Gasteiger partial charge in [0.25, 0.3) is 11.7 Å². The van der Waals surface area contributed by atoms with Crippen molar-refractivity contribution in [2.24, 2.45) is 0 Å². The van der Waals surface area contributed by atoms with Crippen LogP contribution in [0.4, 0.5) is 0 Å². The van der Waals surface area contributed by atoms with Gasteiger partial charge >= 0.3 is 0 Å². The Hall–Kier alpha value is -4.06. The minimum Gasteiger partial charge on any atom is -0.507 e. The molecule has 34 heavy (non-hydrogen) atoms. The standard InChI is InChI=1S/C28H25NO5/c1-2-18-8-10-20(11-9-18)25-24(26(30)21-12-13-22-23(16-21)34-15-14-33-22)27(31)28(32)29(25)17-19-6-4-3-5-7-19/h3-13,16,25,30H,2,14-15,17H2,1H3/t25-/m1/s1. The third kappa shape index (κ3) is 3.92. The van der Waals surface area contributed by atoms with Crippen LogP contribution >= 0.6 is 0 Å². The number of hydrogen-bond acceptors (Lipinski definition) is 5. The SMILES string of the molecule is CCc1ccc([C@@H]2C(=C(O)c3ccc4c(c3)OCCO4)C(=O)C(=O)N2Cc2ccccc2)cc1. The number of likely N-dealkylation sites (tertiary alicyclic amines) is 1. The first kappa shape index (κ1) is 21.8. The Labute approximate surface area is 198 Å². The Bertz CT molecular complexity index is 1260. The molecular weight excluding hydrogens is 430 g/mol. The number of carbonyl (C=O) groups is 2. The van der Waals surface area contributed by atoms with Crippen molar-refractivity contribution < 1.29 is 24.2 Å². The highest BCUT2D eigenvalue weighted by Gasteiger charge is 2.46.